The van der Waals surface area contributed by atoms with Crippen molar-refractivity contribution >= 4 is 11.8 Å². The third kappa shape index (κ3) is 5.58. The molecule has 0 amide bonds. The molecule has 9 heteroatoms. The second kappa shape index (κ2) is 7.53. The molecule has 0 bridgehead atoms. The first-order valence-electron chi connectivity index (χ1n) is 8.26. The van der Waals surface area contributed by atoms with Crippen molar-refractivity contribution in [2.24, 2.45) is 0 Å². The first-order valence-corrected chi connectivity index (χ1v) is 8.26. The molecule has 2 rings (SSSR count). The Morgan fingerprint density at radius 1 is 0.759 bits per heavy atom. The van der Waals surface area contributed by atoms with Gasteiger partial charge in [0.25, 0.3) is 0 Å². The second-order valence-corrected chi connectivity index (χ2v) is 7.17. The Balaban J connectivity index is 2.60. The number of ketones is 1. The molecule has 29 heavy (non-hydrogen) atoms. The number of rotatable bonds is 3. The van der Waals surface area contributed by atoms with Crippen LogP contribution < -0.4 is 0 Å². The minimum atomic E-state index is -5.10. The largest absolute Gasteiger partial charge is 0.456 e. The van der Waals surface area contributed by atoms with Crippen molar-refractivity contribution in [3.63, 3.8) is 0 Å². The molecule has 0 N–H and O–H groups in total. The third-order valence-corrected chi connectivity index (χ3v) is 3.64. The van der Waals surface area contributed by atoms with E-state index < -0.39 is 46.4 Å². The molecule has 0 aliphatic rings. The Bertz CT molecular complexity index is 904. The lowest BCUT2D eigenvalue weighted by Gasteiger charge is -2.20. The minimum absolute atomic E-state index is 0.0729. The molecule has 0 spiro atoms. The number of esters is 1. The maximum atomic E-state index is 13.0. The molecule has 0 heterocycles. The van der Waals surface area contributed by atoms with Crippen molar-refractivity contribution in [1.82, 2.24) is 0 Å². The standard InChI is InChI=1S/C20H16F6O3/c1-18(2,3)29-17(28)15-7-5-4-6-14(15)16(27)11-8-12(19(21,22)23)10-13(9-11)20(24,25)26/h4-10H,1-3H3. The second-order valence-electron chi connectivity index (χ2n) is 7.17. The average molecular weight is 418 g/mol. The van der Waals surface area contributed by atoms with Crippen LogP contribution in [-0.4, -0.2) is 17.4 Å². The van der Waals surface area contributed by atoms with E-state index in [0.717, 1.165) is 6.07 Å². The lowest BCUT2D eigenvalue weighted by molar-refractivity contribution is -0.143. The maximum Gasteiger partial charge on any atom is 0.416 e. The van der Waals surface area contributed by atoms with Gasteiger partial charge >= 0.3 is 18.3 Å². The van der Waals surface area contributed by atoms with Crippen LogP contribution in [0, 0.1) is 0 Å². The molecular weight excluding hydrogens is 402 g/mol. The number of hydrogen-bond acceptors (Lipinski definition) is 3. The van der Waals surface area contributed by atoms with Gasteiger partial charge in [0.15, 0.2) is 5.78 Å². The summed E-state index contributed by atoms with van der Waals surface area (Å²) in [4.78, 5) is 25.1. The first-order chi connectivity index (χ1) is 13.1. The average Bonchev–Trinajstić information content (AvgIpc) is 2.57. The predicted octanol–water partition coefficient (Wildman–Crippen LogP) is 5.91. The fourth-order valence-corrected chi connectivity index (χ4v) is 2.43. The summed E-state index contributed by atoms with van der Waals surface area (Å²) in [5.74, 6) is -2.09. The highest BCUT2D eigenvalue weighted by Gasteiger charge is 2.38. The van der Waals surface area contributed by atoms with Gasteiger partial charge in [0.2, 0.25) is 0 Å². The Hall–Kier alpha value is -2.84. The number of alkyl halides is 6. The van der Waals surface area contributed by atoms with E-state index >= 15 is 0 Å². The van der Waals surface area contributed by atoms with Crippen molar-refractivity contribution < 1.29 is 40.7 Å². The molecular formula is C20H16F6O3. The molecule has 0 atom stereocenters. The summed E-state index contributed by atoms with van der Waals surface area (Å²) in [5.41, 5.74) is -5.64. The van der Waals surface area contributed by atoms with Gasteiger partial charge in [-0.05, 0) is 45.0 Å². The number of hydrogen-bond donors (Lipinski definition) is 0. The van der Waals surface area contributed by atoms with E-state index in [1.54, 1.807) is 20.8 Å². The van der Waals surface area contributed by atoms with Gasteiger partial charge in [0, 0.05) is 11.1 Å². The Morgan fingerprint density at radius 3 is 1.62 bits per heavy atom. The summed E-state index contributed by atoms with van der Waals surface area (Å²) < 4.78 is 83.4. The van der Waals surface area contributed by atoms with Gasteiger partial charge in [-0.15, -0.1) is 0 Å². The van der Waals surface area contributed by atoms with Crippen molar-refractivity contribution in [3.05, 3.63) is 70.3 Å². The zero-order valence-electron chi connectivity index (χ0n) is 15.5. The summed E-state index contributed by atoms with van der Waals surface area (Å²) in [6.45, 7) is 4.70. The van der Waals surface area contributed by atoms with Crippen LogP contribution in [0.3, 0.4) is 0 Å². The predicted molar refractivity (Wildman–Crippen MR) is 91.5 cm³/mol. The highest BCUT2D eigenvalue weighted by atomic mass is 19.4. The molecule has 0 saturated heterocycles. The summed E-state index contributed by atoms with van der Waals surface area (Å²) in [7, 11) is 0. The highest BCUT2D eigenvalue weighted by molar-refractivity contribution is 6.14. The van der Waals surface area contributed by atoms with Crippen LogP contribution in [0.15, 0.2) is 42.5 Å². The van der Waals surface area contributed by atoms with Gasteiger partial charge in [-0.2, -0.15) is 26.3 Å². The van der Waals surface area contributed by atoms with Crippen LogP contribution in [0.4, 0.5) is 26.3 Å². The molecule has 156 valence electrons. The van der Waals surface area contributed by atoms with Gasteiger partial charge in [-0.25, -0.2) is 4.79 Å². The summed E-state index contributed by atoms with van der Waals surface area (Å²) in [6, 6.07) is 5.64. The molecule has 2 aromatic rings. The van der Waals surface area contributed by atoms with E-state index in [1.807, 2.05) is 0 Å². The molecule has 2 aromatic carbocycles. The minimum Gasteiger partial charge on any atom is -0.456 e. The van der Waals surface area contributed by atoms with E-state index in [1.165, 1.54) is 18.2 Å². The molecule has 0 fully saturated rings. The topological polar surface area (TPSA) is 43.4 Å². The van der Waals surface area contributed by atoms with Gasteiger partial charge in [-0.1, -0.05) is 18.2 Å². The number of benzene rings is 2. The molecule has 0 saturated carbocycles. The van der Waals surface area contributed by atoms with Crippen LogP contribution >= 0.6 is 0 Å². The van der Waals surface area contributed by atoms with Crippen LogP contribution in [-0.2, 0) is 17.1 Å². The Kier molecular flexibility index (Phi) is 5.83. The highest BCUT2D eigenvalue weighted by Crippen LogP contribution is 2.37. The van der Waals surface area contributed by atoms with Gasteiger partial charge in [0.1, 0.15) is 5.60 Å². The van der Waals surface area contributed by atoms with Crippen molar-refractivity contribution in [2.75, 3.05) is 0 Å². The number of halogens is 6. The monoisotopic (exact) mass is 418 g/mol. The fourth-order valence-electron chi connectivity index (χ4n) is 2.43. The lowest BCUT2D eigenvalue weighted by atomic mass is 9.95. The molecule has 0 aliphatic heterocycles. The van der Waals surface area contributed by atoms with Crippen molar-refractivity contribution in [3.8, 4) is 0 Å². The number of ether oxygens (including phenoxy) is 1. The van der Waals surface area contributed by atoms with Crippen LogP contribution in [0.25, 0.3) is 0 Å². The zero-order chi connectivity index (χ0) is 22.2. The maximum absolute atomic E-state index is 13.0. The van der Waals surface area contributed by atoms with Crippen LogP contribution in [0.2, 0.25) is 0 Å². The zero-order valence-corrected chi connectivity index (χ0v) is 15.5. The number of carbonyl (C=O) groups excluding carboxylic acids is 2. The summed E-state index contributed by atoms with van der Waals surface area (Å²) in [6.07, 6.45) is -10.2. The lowest BCUT2D eigenvalue weighted by Crippen LogP contribution is -2.25. The van der Waals surface area contributed by atoms with Gasteiger partial charge < -0.3 is 4.74 Å². The Morgan fingerprint density at radius 2 is 1.21 bits per heavy atom. The van der Waals surface area contributed by atoms with E-state index in [0.29, 0.717) is 12.1 Å². The SMILES string of the molecule is CC(C)(C)OC(=O)c1ccccc1C(=O)c1cc(C(F)(F)F)cc(C(F)(F)F)c1. The molecule has 3 nitrogen and oxygen atoms in total. The van der Waals surface area contributed by atoms with E-state index in [9.17, 15) is 35.9 Å². The van der Waals surface area contributed by atoms with Crippen molar-refractivity contribution in [2.45, 2.75) is 38.7 Å². The van der Waals surface area contributed by atoms with Gasteiger partial charge in [-0.3, -0.25) is 4.79 Å². The summed E-state index contributed by atoms with van der Waals surface area (Å²) in [5, 5.41) is 0. The summed E-state index contributed by atoms with van der Waals surface area (Å²) >= 11 is 0. The number of carbonyl (C=O) groups is 2. The van der Waals surface area contributed by atoms with E-state index in [-0.39, 0.29) is 17.2 Å². The quantitative estimate of drug-likeness (QED) is 0.354. The van der Waals surface area contributed by atoms with Crippen molar-refractivity contribution in [1.29, 1.82) is 0 Å². The normalized spacial score (nSPS) is 12.6. The molecule has 0 aliphatic carbocycles. The molecule has 0 unspecified atom stereocenters. The smallest absolute Gasteiger partial charge is 0.416 e. The Labute approximate surface area is 162 Å². The van der Waals surface area contributed by atoms with E-state index in [4.69, 9.17) is 4.74 Å². The van der Waals surface area contributed by atoms with Crippen LogP contribution in [0.5, 0.6) is 0 Å². The molecule has 0 aromatic heterocycles. The fraction of sp³-hybridized carbons (Fsp3) is 0.300. The van der Waals surface area contributed by atoms with Gasteiger partial charge in [0.05, 0.1) is 16.7 Å². The van der Waals surface area contributed by atoms with E-state index in [2.05, 4.69) is 0 Å². The first kappa shape index (κ1) is 22.4. The third-order valence-electron chi connectivity index (χ3n) is 3.64. The molecule has 0 radical (unpaired) electrons. The van der Waals surface area contributed by atoms with Crippen LogP contribution in [0.1, 0.15) is 58.2 Å².